The topological polar surface area (TPSA) is 16.1 Å². The van der Waals surface area contributed by atoms with Crippen LogP contribution < -0.4 is 0 Å². The monoisotopic (exact) mass is 326 g/mol. The first-order valence-corrected chi connectivity index (χ1v) is 8.40. The van der Waals surface area contributed by atoms with Crippen LogP contribution >= 0.6 is 11.3 Å². The van der Waals surface area contributed by atoms with Crippen molar-refractivity contribution in [3.63, 3.8) is 0 Å². The number of likely N-dealkylation sites (N-methyl/N-ethyl adjacent to an activating group) is 1. The number of benzene rings is 1. The molecule has 1 aromatic carbocycles. The van der Waals surface area contributed by atoms with Gasteiger partial charge in [0.05, 0.1) is 5.69 Å². The summed E-state index contributed by atoms with van der Waals surface area (Å²) in [5, 5.41) is 1.22. The molecular formula is C19H19FN2S. The van der Waals surface area contributed by atoms with E-state index in [-0.39, 0.29) is 5.82 Å². The maximum absolute atomic E-state index is 13.8. The highest BCUT2D eigenvalue weighted by Gasteiger charge is 2.10. The van der Waals surface area contributed by atoms with Gasteiger partial charge >= 0.3 is 0 Å². The highest BCUT2D eigenvalue weighted by atomic mass is 32.1. The van der Waals surface area contributed by atoms with Gasteiger partial charge in [-0.1, -0.05) is 24.3 Å². The van der Waals surface area contributed by atoms with Crippen LogP contribution in [0.3, 0.4) is 0 Å². The molecule has 2 nitrogen and oxygen atoms in total. The number of fused-ring (bicyclic) bond motifs is 1. The molecule has 0 saturated heterocycles. The van der Waals surface area contributed by atoms with Gasteiger partial charge < -0.3 is 4.90 Å². The standard InChI is InChI=1S/C19H19FN2S/c1-22(2)13-11-19-15(14-6-3-4-8-18(14)23-19)9-10-17-16(20)7-5-12-21-17/h3-10,12H,11,13H2,1-2H3. The molecule has 0 aliphatic carbocycles. The van der Waals surface area contributed by atoms with Crippen LogP contribution in [-0.2, 0) is 6.42 Å². The van der Waals surface area contributed by atoms with E-state index in [1.54, 1.807) is 18.3 Å². The molecular weight excluding hydrogens is 307 g/mol. The smallest absolute Gasteiger partial charge is 0.148 e. The van der Waals surface area contributed by atoms with E-state index in [0.29, 0.717) is 5.69 Å². The molecule has 0 saturated carbocycles. The molecule has 0 amide bonds. The van der Waals surface area contributed by atoms with Crippen LogP contribution in [0.4, 0.5) is 4.39 Å². The Morgan fingerprint density at radius 3 is 2.74 bits per heavy atom. The Kier molecular flexibility index (Phi) is 4.84. The summed E-state index contributed by atoms with van der Waals surface area (Å²) >= 11 is 1.81. The molecule has 23 heavy (non-hydrogen) atoms. The van der Waals surface area contributed by atoms with E-state index in [4.69, 9.17) is 0 Å². The van der Waals surface area contributed by atoms with Gasteiger partial charge in [-0.15, -0.1) is 11.3 Å². The third-order valence-corrected chi connectivity index (χ3v) is 4.94. The van der Waals surface area contributed by atoms with Crippen molar-refractivity contribution in [2.75, 3.05) is 20.6 Å². The van der Waals surface area contributed by atoms with Crippen LogP contribution in [0.1, 0.15) is 16.1 Å². The van der Waals surface area contributed by atoms with Gasteiger partial charge in [-0.05, 0) is 55.7 Å². The number of hydrogen-bond acceptors (Lipinski definition) is 3. The summed E-state index contributed by atoms with van der Waals surface area (Å²) in [6.45, 7) is 0.992. The number of rotatable bonds is 5. The average molecular weight is 326 g/mol. The number of pyridine rings is 1. The third kappa shape index (κ3) is 3.66. The van der Waals surface area contributed by atoms with Gasteiger partial charge in [0, 0.05) is 22.3 Å². The van der Waals surface area contributed by atoms with E-state index in [0.717, 1.165) is 13.0 Å². The number of halogens is 1. The number of aromatic nitrogens is 1. The summed E-state index contributed by atoms with van der Waals surface area (Å²) in [5.74, 6) is -0.293. The Hall–Kier alpha value is -2.04. The number of hydrogen-bond donors (Lipinski definition) is 0. The van der Waals surface area contributed by atoms with Gasteiger partial charge in [-0.25, -0.2) is 4.39 Å². The number of nitrogens with zero attached hydrogens (tertiary/aromatic N) is 2. The van der Waals surface area contributed by atoms with Gasteiger partial charge in [0.1, 0.15) is 5.82 Å². The second-order valence-corrected chi connectivity index (χ2v) is 6.83. The van der Waals surface area contributed by atoms with Crippen LogP contribution in [0.2, 0.25) is 0 Å². The molecule has 0 radical (unpaired) electrons. The van der Waals surface area contributed by atoms with Crippen molar-refractivity contribution in [1.82, 2.24) is 9.88 Å². The average Bonchev–Trinajstić information content (AvgIpc) is 2.90. The van der Waals surface area contributed by atoms with Crippen LogP contribution in [0.25, 0.3) is 22.2 Å². The zero-order valence-electron chi connectivity index (χ0n) is 13.3. The zero-order valence-corrected chi connectivity index (χ0v) is 14.1. The van der Waals surface area contributed by atoms with Gasteiger partial charge in [0.25, 0.3) is 0 Å². The Balaban J connectivity index is 2.00. The molecule has 118 valence electrons. The molecule has 0 atom stereocenters. The minimum atomic E-state index is -0.293. The molecule has 3 aromatic rings. The van der Waals surface area contributed by atoms with E-state index in [1.165, 1.54) is 26.6 Å². The molecule has 0 bridgehead atoms. The van der Waals surface area contributed by atoms with Crippen molar-refractivity contribution < 1.29 is 4.39 Å². The number of thiophene rings is 1. The lowest BCUT2D eigenvalue weighted by Crippen LogP contribution is -2.14. The molecule has 0 aliphatic rings. The van der Waals surface area contributed by atoms with Crippen molar-refractivity contribution in [1.29, 1.82) is 0 Å². The molecule has 0 spiro atoms. The predicted molar refractivity (Wildman–Crippen MR) is 97.2 cm³/mol. The molecule has 0 N–H and O–H groups in total. The molecule has 0 fully saturated rings. The van der Waals surface area contributed by atoms with Crippen LogP contribution in [-0.4, -0.2) is 30.5 Å². The highest BCUT2D eigenvalue weighted by Crippen LogP contribution is 2.33. The minimum Gasteiger partial charge on any atom is -0.309 e. The summed E-state index contributed by atoms with van der Waals surface area (Å²) in [6, 6.07) is 11.4. The SMILES string of the molecule is CN(C)CCc1sc2ccccc2c1C=Cc1ncccc1F. The van der Waals surface area contributed by atoms with Gasteiger partial charge in [-0.3, -0.25) is 4.98 Å². The fourth-order valence-corrected chi connectivity index (χ4v) is 3.67. The zero-order chi connectivity index (χ0) is 16.2. The van der Waals surface area contributed by atoms with Crippen molar-refractivity contribution in [2.45, 2.75) is 6.42 Å². The third-order valence-electron chi connectivity index (χ3n) is 3.69. The van der Waals surface area contributed by atoms with E-state index in [1.807, 2.05) is 23.5 Å². The second kappa shape index (κ2) is 7.02. The first-order chi connectivity index (χ1) is 11.1. The summed E-state index contributed by atoms with van der Waals surface area (Å²) in [5.41, 5.74) is 1.55. The van der Waals surface area contributed by atoms with E-state index >= 15 is 0 Å². The first kappa shape index (κ1) is 15.8. The summed E-state index contributed by atoms with van der Waals surface area (Å²) in [4.78, 5) is 7.60. The summed E-state index contributed by atoms with van der Waals surface area (Å²) in [7, 11) is 4.15. The Morgan fingerprint density at radius 2 is 1.96 bits per heavy atom. The predicted octanol–water partition coefficient (Wildman–Crippen LogP) is 4.71. The maximum Gasteiger partial charge on any atom is 0.148 e. The molecule has 0 aliphatic heterocycles. The Morgan fingerprint density at radius 1 is 1.13 bits per heavy atom. The summed E-state index contributed by atoms with van der Waals surface area (Å²) in [6.07, 6.45) is 6.36. The Labute approximate surface area is 139 Å². The van der Waals surface area contributed by atoms with Crippen LogP contribution in [0.5, 0.6) is 0 Å². The van der Waals surface area contributed by atoms with Gasteiger partial charge in [0.15, 0.2) is 0 Å². The molecule has 4 heteroatoms. The summed E-state index contributed by atoms with van der Waals surface area (Å²) < 4.78 is 15.0. The fraction of sp³-hybridized carbons (Fsp3) is 0.211. The lowest BCUT2D eigenvalue weighted by Gasteiger charge is -2.08. The van der Waals surface area contributed by atoms with Crippen molar-refractivity contribution in [2.24, 2.45) is 0 Å². The molecule has 0 unspecified atom stereocenters. The lowest BCUT2D eigenvalue weighted by atomic mass is 10.1. The van der Waals surface area contributed by atoms with Crippen LogP contribution in [0.15, 0.2) is 42.6 Å². The van der Waals surface area contributed by atoms with E-state index < -0.39 is 0 Å². The van der Waals surface area contributed by atoms with Gasteiger partial charge in [-0.2, -0.15) is 0 Å². The Bertz CT molecular complexity index is 836. The van der Waals surface area contributed by atoms with E-state index in [9.17, 15) is 4.39 Å². The van der Waals surface area contributed by atoms with Crippen molar-refractivity contribution in [3.05, 3.63) is 64.5 Å². The highest BCUT2D eigenvalue weighted by molar-refractivity contribution is 7.19. The lowest BCUT2D eigenvalue weighted by molar-refractivity contribution is 0.415. The van der Waals surface area contributed by atoms with E-state index in [2.05, 4.69) is 42.2 Å². The second-order valence-electron chi connectivity index (χ2n) is 5.69. The largest absolute Gasteiger partial charge is 0.309 e. The fourth-order valence-electron chi connectivity index (χ4n) is 2.49. The normalized spacial score (nSPS) is 11.8. The minimum absolute atomic E-state index is 0.293. The molecule has 2 aromatic heterocycles. The van der Waals surface area contributed by atoms with Crippen molar-refractivity contribution >= 4 is 33.6 Å². The quantitative estimate of drug-likeness (QED) is 0.675. The maximum atomic E-state index is 13.8. The van der Waals surface area contributed by atoms with Crippen molar-refractivity contribution in [3.8, 4) is 0 Å². The van der Waals surface area contributed by atoms with Crippen LogP contribution in [0, 0.1) is 5.82 Å². The molecule has 2 heterocycles. The molecule has 3 rings (SSSR count). The van der Waals surface area contributed by atoms with Gasteiger partial charge in [0.2, 0.25) is 0 Å². The first-order valence-electron chi connectivity index (χ1n) is 7.59.